The number of halogens is 1. The molecule has 4 heteroatoms. The Bertz CT molecular complexity index is 517. The molecule has 1 aromatic carbocycles. The molecular formula is C16H20ClNO2. The third-order valence-electron chi connectivity index (χ3n) is 4.42. The number of hydrogen-bond acceptors (Lipinski definition) is 2. The van der Waals surface area contributed by atoms with Gasteiger partial charge in [0, 0.05) is 24.6 Å². The Morgan fingerprint density at radius 3 is 3.15 bits per heavy atom. The molecule has 2 aliphatic rings. The van der Waals surface area contributed by atoms with Crippen molar-refractivity contribution in [1.82, 2.24) is 5.32 Å². The number of rotatable bonds is 3. The first-order valence-corrected chi connectivity index (χ1v) is 7.81. The largest absolute Gasteiger partial charge is 0.378 e. The summed E-state index contributed by atoms with van der Waals surface area (Å²) in [6.45, 7) is 3.65. The fourth-order valence-electron chi connectivity index (χ4n) is 3.27. The summed E-state index contributed by atoms with van der Waals surface area (Å²) in [6, 6.07) is 6.09. The van der Waals surface area contributed by atoms with Crippen LogP contribution in [0.3, 0.4) is 0 Å². The number of amides is 1. The lowest BCUT2D eigenvalue weighted by Gasteiger charge is -2.24. The Kier molecular flexibility index (Phi) is 3.99. The van der Waals surface area contributed by atoms with Gasteiger partial charge in [0.1, 0.15) is 0 Å². The summed E-state index contributed by atoms with van der Waals surface area (Å²) in [4.78, 5) is 11.9. The molecule has 2 heterocycles. The fourth-order valence-corrected chi connectivity index (χ4v) is 3.69. The number of nitrogens with one attached hydrogen (secondary N) is 1. The van der Waals surface area contributed by atoms with Gasteiger partial charge in [-0.15, -0.1) is 11.6 Å². The van der Waals surface area contributed by atoms with Crippen LogP contribution in [0.15, 0.2) is 18.2 Å². The molecule has 0 radical (unpaired) electrons. The number of ether oxygens (including phenoxy) is 1. The van der Waals surface area contributed by atoms with Gasteiger partial charge < -0.3 is 10.1 Å². The molecule has 1 aromatic rings. The second kappa shape index (κ2) is 5.74. The third kappa shape index (κ3) is 2.45. The molecule has 3 unspecified atom stereocenters. The van der Waals surface area contributed by atoms with E-state index >= 15 is 0 Å². The number of carbonyl (C=O) groups is 1. The molecule has 20 heavy (non-hydrogen) atoms. The van der Waals surface area contributed by atoms with Crippen molar-refractivity contribution in [2.45, 2.75) is 37.7 Å². The van der Waals surface area contributed by atoms with Crippen molar-refractivity contribution in [3.8, 4) is 0 Å². The molecule has 108 valence electrons. The van der Waals surface area contributed by atoms with Crippen molar-refractivity contribution in [2.75, 3.05) is 13.2 Å². The molecular weight excluding hydrogens is 274 g/mol. The van der Waals surface area contributed by atoms with Gasteiger partial charge >= 0.3 is 0 Å². The third-order valence-corrected chi connectivity index (χ3v) is 4.99. The second-order valence-corrected chi connectivity index (χ2v) is 6.06. The van der Waals surface area contributed by atoms with Crippen LogP contribution in [0.1, 0.15) is 46.6 Å². The molecule has 1 fully saturated rings. The summed E-state index contributed by atoms with van der Waals surface area (Å²) in [7, 11) is 0. The predicted octanol–water partition coefficient (Wildman–Crippen LogP) is 3.07. The van der Waals surface area contributed by atoms with E-state index in [4.69, 9.17) is 16.3 Å². The highest BCUT2D eigenvalue weighted by Gasteiger charge is 2.34. The standard InChI is InChI=1S/C16H20ClNO2/c1-2-14-12(6-8-20-14)15(17)11-4-3-10-5-7-18-16(19)13(10)9-11/h3-4,9,12,14-15H,2,5-8H2,1H3,(H,18,19). The lowest BCUT2D eigenvalue weighted by molar-refractivity contribution is 0.0864. The Morgan fingerprint density at radius 2 is 2.35 bits per heavy atom. The Morgan fingerprint density at radius 1 is 1.50 bits per heavy atom. The summed E-state index contributed by atoms with van der Waals surface area (Å²) in [6.07, 6.45) is 3.12. The molecule has 3 rings (SSSR count). The average Bonchev–Trinajstić information content (AvgIpc) is 2.95. The Hall–Kier alpha value is -1.06. The lowest BCUT2D eigenvalue weighted by atomic mass is 9.89. The molecule has 1 amide bonds. The molecule has 0 saturated carbocycles. The minimum Gasteiger partial charge on any atom is -0.378 e. The summed E-state index contributed by atoms with van der Waals surface area (Å²) in [5.74, 6) is 0.359. The van der Waals surface area contributed by atoms with Gasteiger partial charge in [0.25, 0.3) is 5.91 Å². The topological polar surface area (TPSA) is 38.3 Å². The summed E-state index contributed by atoms with van der Waals surface area (Å²) >= 11 is 6.66. The number of alkyl halides is 1. The van der Waals surface area contributed by atoms with Crippen LogP contribution in [0.5, 0.6) is 0 Å². The highest BCUT2D eigenvalue weighted by molar-refractivity contribution is 6.21. The van der Waals surface area contributed by atoms with E-state index in [1.165, 1.54) is 0 Å². The van der Waals surface area contributed by atoms with E-state index in [0.717, 1.165) is 49.1 Å². The smallest absolute Gasteiger partial charge is 0.251 e. The van der Waals surface area contributed by atoms with Gasteiger partial charge in [-0.05, 0) is 36.5 Å². The normalized spacial score (nSPS) is 27.0. The van der Waals surface area contributed by atoms with Gasteiger partial charge in [-0.3, -0.25) is 4.79 Å². The van der Waals surface area contributed by atoms with Crippen LogP contribution in [0, 0.1) is 5.92 Å². The molecule has 1 N–H and O–H groups in total. The van der Waals surface area contributed by atoms with E-state index in [0.29, 0.717) is 5.92 Å². The van der Waals surface area contributed by atoms with Gasteiger partial charge in [-0.1, -0.05) is 19.1 Å². The minimum atomic E-state index is -0.0810. The number of benzene rings is 1. The molecule has 3 atom stereocenters. The Labute approximate surface area is 124 Å². The van der Waals surface area contributed by atoms with E-state index < -0.39 is 0 Å². The van der Waals surface area contributed by atoms with Crippen LogP contribution in [0.25, 0.3) is 0 Å². The molecule has 0 aliphatic carbocycles. The predicted molar refractivity (Wildman–Crippen MR) is 79.2 cm³/mol. The van der Waals surface area contributed by atoms with Gasteiger partial charge in [0.05, 0.1) is 11.5 Å². The maximum Gasteiger partial charge on any atom is 0.251 e. The highest BCUT2D eigenvalue weighted by Crippen LogP contribution is 2.39. The average molecular weight is 294 g/mol. The second-order valence-electron chi connectivity index (χ2n) is 5.59. The first kappa shape index (κ1) is 13.9. The van der Waals surface area contributed by atoms with Crippen molar-refractivity contribution in [3.05, 3.63) is 34.9 Å². The van der Waals surface area contributed by atoms with Crippen LogP contribution in [0.4, 0.5) is 0 Å². The first-order chi connectivity index (χ1) is 9.70. The quantitative estimate of drug-likeness (QED) is 0.870. The van der Waals surface area contributed by atoms with Crippen molar-refractivity contribution >= 4 is 17.5 Å². The van der Waals surface area contributed by atoms with Crippen LogP contribution < -0.4 is 5.32 Å². The number of carbonyl (C=O) groups excluding carboxylic acids is 1. The zero-order valence-corrected chi connectivity index (χ0v) is 12.5. The van der Waals surface area contributed by atoms with E-state index in [1.807, 2.05) is 6.07 Å². The maximum absolute atomic E-state index is 11.9. The van der Waals surface area contributed by atoms with Crippen LogP contribution in [0.2, 0.25) is 0 Å². The fraction of sp³-hybridized carbons (Fsp3) is 0.562. The zero-order valence-electron chi connectivity index (χ0n) is 11.7. The maximum atomic E-state index is 11.9. The summed E-state index contributed by atoms with van der Waals surface area (Å²) < 4.78 is 5.73. The monoisotopic (exact) mass is 293 g/mol. The van der Waals surface area contributed by atoms with E-state index in [2.05, 4.69) is 24.4 Å². The summed E-state index contributed by atoms with van der Waals surface area (Å²) in [5.41, 5.74) is 2.94. The number of hydrogen-bond donors (Lipinski definition) is 1. The van der Waals surface area contributed by atoms with Crippen molar-refractivity contribution in [1.29, 1.82) is 0 Å². The van der Waals surface area contributed by atoms with Crippen molar-refractivity contribution < 1.29 is 9.53 Å². The molecule has 0 bridgehead atoms. The minimum absolute atomic E-state index is 0.0201. The first-order valence-electron chi connectivity index (χ1n) is 7.37. The van der Waals surface area contributed by atoms with Crippen LogP contribution in [-0.2, 0) is 11.2 Å². The zero-order chi connectivity index (χ0) is 14.1. The molecule has 0 aromatic heterocycles. The van der Waals surface area contributed by atoms with Crippen molar-refractivity contribution in [2.24, 2.45) is 5.92 Å². The van der Waals surface area contributed by atoms with E-state index in [1.54, 1.807) is 0 Å². The van der Waals surface area contributed by atoms with Gasteiger partial charge in [0.2, 0.25) is 0 Å². The molecule has 3 nitrogen and oxygen atoms in total. The SMILES string of the molecule is CCC1OCCC1C(Cl)c1ccc2c(c1)C(=O)NCC2. The van der Waals surface area contributed by atoms with Crippen molar-refractivity contribution in [3.63, 3.8) is 0 Å². The van der Waals surface area contributed by atoms with Gasteiger partial charge in [-0.2, -0.15) is 0 Å². The summed E-state index contributed by atoms with van der Waals surface area (Å²) in [5, 5.41) is 2.81. The van der Waals surface area contributed by atoms with Crippen LogP contribution >= 0.6 is 11.6 Å². The lowest BCUT2D eigenvalue weighted by Crippen LogP contribution is -2.32. The molecule has 0 spiro atoms. The molecule has 1 saturated heterocycles. The number of fused-ring (bicyclic) bond motifs is 1. The van der Waals surface area contributed by atoms with E-state index in [9.17, 15) is 4.79 Å². The Balaban J connectivity index is 1.87. The van der Waals surface area contributed by atoms with Crippen LogP contribution in [-0.4, -0.2) is 25.2 Å². The molecule has 2 aliphatic heterocycles. The van der Waals surface area contributed by atoms with Gasteiger partial charge in [-0.25, -0.2) is 0 Å². The van der Waals surface area contributed by atoms with E-state index in [-0.39, 0.29) is 17.4 Å². The van der Waals surface area contributed by atoms with Gasteiger partial charge in [0.15, 0.2) is 0 Å². The highest BCUT2D eigenvalue weighted by atomic mass is 35.5.